The first kappa shape index (κ1) is 19.3. The number of nitro benzene ring substituents is 1. The van der Waals surface area contributed by atoms with E-state index in [1.807, 2.05) is 13.0 Å². The topological polar surface area (TPSA) is 111 Å². The van der Waals surface area contributed by atoms with Gasteiger partial charge in [0.1, 0.15) is 5.69 Å². The van der Waals surface area contributed by atoms with E-state index in [1.54, 1.807) is 24.3 Å². The highest BCUT2D eigenvalue weighted by molar-refractivity contribution is 5.93. The molecule has 0 aliphatic heterocycles. The van der Waals surface area contributed by atoms with Crippen molar-refractivity contribution < 1.29 is 19.2 Å². The van der Waals surface area contributed by atoms with Crippen LogP contribution in [-0.2, 0) is 9.53 Å². The van der Waals surface area contributed by atoms with Crippen molar-refractivity contribution in [1.82, 2.24) is 5.32 Å². The molecular formula is C20H21N3O5. The third-order valence-corrected chi connectivity index (χ3v) is 4.54. The van der Waals surface area contributed by atoms with Gasteiger partial charge in [-0.05, 0) is 49.9 Å². The van der Waals surface area contributed by atoms with Gasteiger partial charge in [-0.1, -0.05) is 18.2 Å². The van der Waals surface area contributed by atoms with E-state index < -0.39 is 17.5 Å². The van der Waals surface area contributed by atoms with Gasteiger partial charge in [0.25, 0.3) is 11.6 Å². The average Bonchev–Trinajstić information content (AvgIpc) is 3.52. The molecule has 146 valence electrons. The molecule has 0 heterocycles. The zero-order valence-electron chi connectivity index (χ0n) is 15.4. The van der Waals surface area contributed by atoms with Gasteiger partial charge >= 0.3 is 5.97 Å². The number of nitro groups is 1. The van der Waals surface area contributed by atoms with E-state index in [1.165, 1.54) is 12.1 Å². The van der Waals surface area contributed by atoms with Crippen LogP contribution in [0.4, 0.5) is 17.1 Å². The molecule has 1 unspecified atom stereocenters. The van der Waals surface area contributed by atoms with Gasteiger partial charge in [-0.25, -0.2) is 4.79 Å². The first-order valence-corrected chi connectivity index (χ1v) is 9.01. The van der Waals surface area contributed by atoms with Crippen molar-refractivity contribution in [3.63, 3.8) is 0 Å². The van der Waals surface area contributed by atoms with Crippen LogP contribution in [0.1, 0.15) is 30.1 Å². The summed E-state index contributed by atoms with van der Waals surface area (Å²) in [6, 6.07) is 13.0. The summed E-state index contributed by atoms with van der Waals surface area (Å²) in [4.78, 5) is 34.8. The second-order valence-electron chi connectivity index (χ2n) is 6.75. The minimum atomic E-state index is -0.788. The summed E-state index contributed by atoms with van der Waals surface area (Å²) in [5.74, 6) is -0.680. The van der Waals surface area contributed by atoms with Crippen LogP contribution in [0.2, 0.25) is 0 Å². The monoisotopic (exact) mass is 383 g/mol. The maximum absolute atomic E-state index is 12.2. The molecule has 1 atom stereocenters. The molecule has 2 aromatic carbocycles. The second-order valence-corrected chi connectivity index (χ2v) is 6.75. The molecule has 1 fully saturated rings. The van der Waals surface area contributed by atoms with Crippen LogP contribution in [0.5, 0.6) is 0 Å². The standard InChI is InChI=1S/C20H21N3O5/c1-13(14-7-8-14)21-19(24)12-28-20(25)15-9-10-17(18(11-15)23(26)27)22-16-5-3-2-4-6-16/h2-6,9-11,13-14,22H,7-8,12H2,1H3,(H,21,24). The quantitative estimate of drug-likeness (QED) is 0.411. The number of anilines is 2. The fourth-order valence-electron chi connectivity index (χ4n) is 2.82. The fraction of sp³-hybridized carbons (Fsp3) is 0.300. The van der Waals surface area contributed by atoms with Gasteiger partial charge in [0.05, 0.1) is 10.5 Å². The van der Waals surface area contributed by atoms with Crippen molar-refractivity contribution in [1.29, 1.82) is 0 Å². The molecule has 0 saturated heterocycles. The van der Waals surface area contributed by atoms with Gasteiger partial charge in [-0.15, -0.1) is 0 Å². The zero-order chi connectivity index (χ0) is 20.1. The van der Waals surface area contributed by atoms with Crippen LogP contribution in [0.25, 0.3) is 0 Å². The number of benzene rings is 2. The third-order valence-electron chi connectivity index (χ3n) is 4.54. The van der Waals surface area contributed by atoms with Crippen molar-refractivity contribution in [3.05, 3.63) is 64.2 Å². The number of nitrogens with zero attached hydrogens (tertiary/aromatic N) is 1. The van der Waals surface area contributed by atoms with Gasteiger partial charge in [-0.2, -0.15) is 0 Å². The van der Waals surface area contributed by atoms with E-state index in [2.05, 4.69) is 10.6 Å². The van der Waals surface area contributed by atoms with E-state index in [0.717, 1.165) is 18.9 Å². The summed E-state index contributed by atoms with van der Waals surface area (Å²) < 4.78 is 4.99. The van der Waals surface area contributed by atoms with Crippen LogP contribution in [0.3, 0.4) is 0 Å². The number of carbonyl (C=O) groups excluding carboxylic acids is 2. The number of nitrogens with one attached hydrogen (secondary N) is 2. The Hall–Kier alpha value is -3.42. The van der Waals surface area contributed by atoms with Crippen LogP contribution < -0.4 is 10.6 Å². The molecular weight excluding hydrogens is 362 g/mol. The Kier molecular flexibility index (Phi) is 5.88. The predicted octanol–water partition coefficient (Wildman–Crippen LogP) is 3.41. The first-order chi connectivity index (χ1) is 13.4. The summed E-state index contributed by atoms with van der Waals surface area (Å²) in [5, 5.41) is 17.1. The third kappa shape index (κ3) is 5.06. The van der Waals surface area contributed by atoms with Crippen molar-refractivity contribution in [2.45, 2.75) is 25.8 Å². The van der Waals surface area contributed by atoms with Gasteiger partial charge in [0.15, 0.2) is 6.61 Å². The van der Waals surface area contributed by atoms with E-state index in [4.69, 9.17) is 4.74 Å². The SMILES string of the molecule is CC(NC(=O)COC(=O)c1ccc(Nc2ccccc2)c([N+](=O)[O-])c1)C1CC1. The Bertz CT molecular complexity index is 881. The Morgan fingerprint density at radius 1 is 1.21 bits per heavy atom. The summed E-state index contributed by atoms with van der Waals surface area (Å²) in [6.07, 6.45) is 2.18. The normalized spacial score (nSPS) is 14.0. The Morgan fingerprint density at radius 3 is 2.57 bits per heavy atom. The van der Waals surface area contributed by atoms with Crippen LogP contribution >= 0.6 is 0 Å². The molecule has 8 heteroatoms. The van der Waals surface area contributed by atoms with Gasteiger partial charge in [0.2, 0.25) is 0 Å². The number of esters is 1. The van der Waals surface area contributed by atoms with Crippen molar-refractivity contribution >= 4 is 28.9 Å². The van der Waals surface area contributed by atoms with E-state index in [9.17, 15) is 19.7 Å². The van der Waals surface area contributed by atoms with Crippen LogP contribution in [0.15, 0.2) is 48.5 Å². The number of hydrogen-bond acceptors (Lipinski definition) is 6. The lowest BCUT2D eigenvalue weighted by molar-refractivity contribution is -0.383. The highest BCUT2D eigenvalue weighted by Gasteiger charge is 2.29. The maximum Gasteiger partial charge on any atom is 0.338 e. The minimum absolute atomic E-state index is 0.00773. The van der Waals surface area contributed by atoms with Gasteiger partial charge in [-0.3, -0.25) is 14.9 Å². The summed E-state index contributed by atoms with van der Waals surface area (Å²) >= 11 is 0. The molecule has 0 spiro atoms. The van der Waals surface area contributed by atoms with Crippen LogP contribution in [0, 0.1) is 16.0 Å². The largest absolute Gasteiger partial charge is 0.452 e. The lowest BCUT2D eigenvalue weighted by Crippen LogP contribution is -2.37. The number of para-hydroxylation sites is 1. The van der Waals surface area contributed by atoms with Crippen molar-refractivity contribution in [2.24, 2.45) is 5.92 Å². The molecule has 2 N–H and O–H groups in total. The molecule has 8 nitrogen and oxygen atoms in total. The molecule has 0 aromatic heterocycles. The molecule has 1 aliphatic rings. The number of carbonyl (C=O) groups is 2. The Morgan fingerprint density at radius 2 is 1.93 bits per heavy atom. The van der Waals surface area contributed by atoms with Crippen LogP contribution in [-0.4, -0.2) is 29.4 Å². The molecule has 2 aromatic rings. The fourth-order valence-corrected chi connectivity index (χ4v) is 2.82. The van der Waals surface area contributed by atoms with Crippen molar-refractivity contribution in [3.8, 4) is 0 Å². The second kappa shape index (κ2) is 8.51. The minimum Gasteiger partial charge on any atom is -0.452 e. The highest BCUT2D eigenvalue weighted by Crippen LogP contribution is 2.32. The number of ether oxygens (including phenoxy) is 1. The summed E-state index contributed by atoms with van der Waals surface area (Å²) in [7, 11) is 0. The van der Waals surface area contributed by atoms with E-state index >= 15 is 0 Å². The molecule has 0 radical (unpaired) electrons. The van der Waals surface area contributed by atoms with E-state index in [-0.39, 0.29) is 28.9 Å². The zero-order valence-corrected chi connectivity index (χ0v) is 15.4. The number of rotatable bonds is 8. The Balaban J connectivity index is 1.64. The Labute approximate surface area is 162 Å². The van der Waals surface area contributed by atoms with Gasteiger partial charge < -0.3 is 15.4 Å². The van der Waals surface area contributed by atoms with Gasteiger partial charge in [0, 0.05) is 17.8 Å². The summed E-state index contributed by atoms with van der Waals surface area (Å²) in [5.41, 5.74) is 0.685. The first-order valence-electron chi connectivity index (χ1n) is 9.01. The molecule has 1 amide bonds. The smallest absolute Gasteiger partial charge is 0.338 e. The highest BCUT2D eigenvalue weighted by atomic mass is 16.6. The lowest BCUT2D eigenvalue weighted by atomic mass is 10.1. The summed E-state index contributed by atoms with van der Waals surface area (Å²) in [6.45, 7) is 1.49. The molecule has 1 saturated carbocycles. The average molecular weight is 383 g/mol. The lowest BCUT2D eigenvalue weighted by Gasteiger charge is -2.13. The number of hydrogen-bond donors (Lipinski definition) is 2. The number of amides is 1. The molecule has 28 heavy (non-hydrogen) atoms. The molecule has 1 aliphatic carbocycles. The molecule has 3 rings (SSSR count). The molecule has 0 bridgehead atoms. The predicted molar refractivity (Wildman–Crippen MR) is 103 cm³/mol. The van der Waals surface area contributed by atoms with E-state index in [0.29, 0.717) is 11.6 Å². The maximum atomic E-state index is 12.2. The van der Waals surface area contributed by atoms with Crippen molar-refractivity contribution in [2.75, 3.05) is 11.9 Å².